The van der Waals surface area contributed by atoms with Crippen LogP contribution in [-0.4, -0.2) is 0 Å². The summed E-state index contributed by atoms with van der Waals surface area (Å²) in [5.41, 5.74) is 2.61. The molecule has 19 heavy (non-hydrogen) atoms. The van der Waals surface area contributed by atoms with Gasteiger partial charge in [-0.15, -0.1) is 0 Å². The number of hydrogen-bond acceptors (Lipinski definition) is 0. The molecule has 0 heteroatoms. The van der Waals surface area contributed by atoms with E-state index in [1.54, 1.807) is 0 Å². The number of fused-ring (bicyclic) bond motifs is 1. The fourth-order valence-corrected chi connectivity index (χ4v) is 2.26. The zero-order valence-corrected chi connectivity index (χ0v) is 10.8. The second kappa shape index (κ2) is 5.53. The number of benzene rings is 3. The van der Waals surface area contributed by atoms with Gasteiger partial charge in [-0.1, -0.05) is 78.9 Å². The molecule has 0 heterocycles. The fraction of sp³-hybridized carbons (Fsp3) is 0.0526. The number of rotatable bonds is 3. The molecule has 0 spiro atoms. The molecule has 0 bridgehead atoms. The lowest BCUT2D eigenvalue weighted by molar-refractivity contribution is 1.28. The molecule has 0 aromatic heterocycles. The van der Waals surface area contributed by atoms with Gasteiger partial charge in [0.05, 0.1) is 0 Å². The fourth-order valence-electron chi connectivity index (χ4n) is 2.26. The Hall–Kier alpha value is -2.34. The zero-order chi connectivity index (χ0) is 12.9. The molecule has 3 rings (SSSR count). The van der Waals surface area contributed by atoms with Crippen LogP contribution in [0.3, 0.4) is 0 Å². The summed E-state index contributed by atoms with van der Waals surface area (Å²) in [6.45, 7) is 0. The quantitative estimate of drug-likeness (QED) is 0.601. The minimum atomic E-state index is 0.980. The van der Waals surface area contributed by atoms with Gasteiger partial charge in [-0.2, -0.15) is 0 Å². The van der Waals surface area contributed by atoms with Gasteiger partial charge in [-0.3, -0.25) is 0 Å². The molecule has 0 radical (unpaired) electrons. The van der Waals surface area contributed by atoms with Gasteiger partial charge < -0.3 is 0 Å². The normalized spacial score (nSPS) is 11.2. The Labute approximate surface area is 114 Å². The summed E-state index contributed by atoms with van der Waals surface area (Å²) in [5.74, 6) is 0. The van der Waals surface area contributed by atoms with Crippen LogP contribution in [0.5, 0.6) is 0 Å². The summed E-state index contributed by atoms with van der Waals surface area (Å²) in [6.07, 6.45) is 5.40. The van der Waals surface area contributed by atoms with Gasteiger partial charge in [0.15, 0.2) is 0 Å². The predicted octanol–water partition coefficient (Wildman–Crippen LogP) is 5.10. The van der Waals surface area contributed by atoms with Gasteiger partial charge in [-0.25, -0.2) is 0 Å². The standard InChI is InChI=1S/C19H16/c1-2-7-16(8-3-1)9-6-10-17-13-14-18-11-4-5-12-19(18)15-17/h1-8,10-15H,9H2/b10-6+. The van der Waals surface area contributed by atoms with Crippen molar-refractivity contribution < 1.29 is 0 Å². The van der Waals surface area contributed by atoms with E-state index >= 15 is 0 Å². The molecule has 92 valence electrons. The van der Waals surface area contributed by atoms with Crippen molar-refractivity contribution in [2.24, 2.45) is 0 Å². The molecule has 0 atom stereocenters. The topological polar surface area (TPSA) is 0 Å². The molecule has 0 aliphatic rings. The van der Waals surface area contributed by atoms with Crippen molar-refractivity contribution in [2.45, 2.75) is 6.42 Å². The Morgan fingerprint density at radius 2 is 1.42 bits per heavy atom. The maximum atomic E-state index is 2.23. The Morgan fingerprint density at radius 1 is 0.684 bits per heavy atom. The summed E-state index contributed by atoms with van der Waals surface area (Å²) in [7, 11) is 0. The maximum absolute atomic E-state index is 2.23. The third-order valence-corrected chi connectivity index (χ3v) is 3.28. The van der Waals surface area contributed by atoms with Gasteiger partial charge in [0, 0.05) is 0 Å². The highest BCUT2D eigenvalue weighted by atomic mass is 14.0. The first kappa shape index (κ1) is 11.7. The molecular formula is C19H16. The summed E-state index contributed by atoms with van der Waals surface area (Å²) >= 11 is 0. The summed E-state index contributed by atoms with van der Waals surface area (Å²) < 4.78 is 0. The molecule has 0 saturated carbocycles. The summed E-state index contributed by atoms with van der Waals surface area (Å²) in [6, 6.07) is 25.6. The summed E-state index contributed by atoms with van der Waals surface area (Å²) in [4.78, 5) is 0. The van der Waals surface area contributed by atoms with Gasteiger partial charge in [0.2, 0.25) is 0 Å². The molecule has 0 fully saturated rings. The maximum Gasteiger partial charge on any atom is -0.00941 e. The molecular weight excluding hydrogens is 228 g/mol. The molecule has 3 aromatic carbocycles. The van der Waals surface area contributed by atoms with Crippen LogP contribution in [0.1, 0.15) is 11.1 Å². The highest BCUT2D eigenvalue weighted by Crippen LogP contribution is 2.16. The van der Waals surface area contributed by atoms with Gasteiger partial charge >= 0.3 is 0 Å². The van der Waals surface area contributed by atoms with Crippen molar-refractivity contribution in [3.8, 4) is 0 Å². The molecule has 0 unspecified atom stereocenters. The third-order valence-electron chi connectivity index (χ3n) is 3.28. The Kier molecular flexibility index (Phi) is 3.42. The van der Waals surface area contributed by atoms with E-state index < -0.39 is 0 Å². The van der Waals surface area contributed by atoms with E-state index in [4.69, 9.17) is 0 Å². The first-order chi connectivity index (χ1) is 9.42. The Balaban J connectivity index is 1.78. The molecule has 0 saturated heterocycles. The first-order valence-corrected chi connectivity index (χ1v) is 6.61. The van der Waals surface area contributed by atoms with Crippen LogP contribution >= 0.6 is 0 Å². The lowest BCUT2D eigenvalue weighted by atomic mass is 10.1. The van der Waals surface area contributed by atoms with Gasteiger partial charge in [0.25, 0.3) is 0 Å². The van der Waals surface area contributed by atoms with Crippen molar-refractivity contribution in [2.75, 3.05) is 0 Å². The van der Waals surface area contributed by atoms with E-state index in [0.29, 0.717) is 0 Å². The van der Waals surface area contributed by atoms with Crippen molar-refractivity contribution >= 4 is 16.8 Å². The van der Waals surface area contributed by atoms with Gasteiger partial charge in [-0.05, 0) is 34.4 Å². The first-order valence-electron chi connectivity index (χ1n) is 6.61. The van der Waals surface area contributed by atoms with Crippen LogP contribution in [0.25, 0.3) is 16.8 Å². The molecule has 3 aromatic rings. The average molecular weight is 244 g/mol. The van der Waals surface area contributed by atoms with Crippen LogP contribution in [0.15, 0.2) is 78.9 Å². The largest absolute Gasteiger partial charge is 0.0795 e. The SMILES string of the molecule is C(=C\c1ccc2ccccc2c1)/Cc1ccccc1. The van der Waals surface area contributed by atoms with E-state index in [-0.39, 0.29) is 0 Å². The minimum Gasteiger partial charge on any atom is -0.0795 e. The van der Waals surface area contributed by atoms with E-state index in [1.807, 2.05) is 0 Å². The van der Waals surface area contributed by atoms with Crippen LogP contribution in [-0.2, 0) is 6.42 Å². The lowest BCUT2D eigenvalue weighted by Crippen LogP contribution is -1.79. The molecule has 0 amide bonds. The van der Waals surface area contributed by atoms with Crippen LogP contribution in [0, 0.1) is 0 Å². The lowest BCUT2D eigenvalue weighted by Gasteiger charge is -1.99. The van der Waals surface area contributed by atoms with Crippen LogP contribution in [0.2, 0.25) is 0 Å². The molecule has 0 N–H and O–H groups in total. The average Bonchev–Trinajstić information content (AvgIpc) is 2.48. The zero-order valence-electron chi connectivity index (χ0n) is 10.8. The van der Waals surface area contributed by atoms with Gasteiger partial charge in [0.1, 0.15) is 0 Å². The van der Waals surface area contributed by atoms with Crippen molar-refractivity contribution in [1.29, 1.82) is 0 Å². The molecule has 0 aliphatic heterocycles. The van der Waals surface area contributed by atoms with E-state index in [9.17, 15) is 0 Å². The molecule has 0 nitrogen and oxygen atoms in total. The number of hydrogen-bond donors (Lipinski definition) is 0. The van der Waals surface area contributed by atoms with E-state index in [2.05, 4.69) is 84.9 Å². The summed E-state index contributed by atoms with van der Waals surface area (Å²) in [5, 5.41) is 2.59. The number of allylic oxidation sites excluding steroid dienone is 1. The predicted molar refractivity (Wildman–Crippen MR) is 83.1 cm³/mol. The highest BCUT2D eigenvalue weighted by molar-refractivity contribution is 5.84. The Morgan fingerprint density at radius 3 is 2.26 bits per heavy atom. The minimum absolute atomic E-state index is 0.980. The van der Waals surface area contributed by atoms with Crippen molar-refractivity contribution in [3.05, 3.63) is 90.0 Å². The van der Waals surface area contributed by atoms with Crippen molar-refractivity contribution in [1.82, 2.24) is 0 Å². The molecule has 0 aliphatic carbocycles. The van der Waals surface area contributed by atoms with Crippen LogP contribution < -0.4 is 0 Å². The van der Waals surface area contributed by atoms with E-state index in [1.165, 1.54) is 21.9 Å². The Bertz CT molecular complexity index is 693. The second-order valence-electron chi connectivity index (χ2n) is 4.70. The van der Waals surface area contributed by atoms with Crippen molar-refractivity contribution in [3.63, 3.8) is 0 Å². The van der Waals surface area contributed by atoms with E-state index in [0.717, 1.165) is 6.42 Å². The van der Waals surface area contributed by atoms with Crippen LogP contribution in [0.4, 0.5) is 0 Å². The monoisotopic (exact) mass is 244 g/mol. The highest BCUT2D eigenvalue weighted by Gasteiger charge is 1.93. The third kappa shape index (κ3) is 2.92. The smallest absolute Gasteiger partial charge is 0.00941 e. The second-order valence-corrected chi connectivity index (χ2v) is 4.70.